The second-order valence-electron chi connectivity index (χ2n) is 6.84. The van der Waals surface area contributed by atoms with E-state index in [0.29, 0.717) is 18.1 Å². The van der Waals surface area contributed by atoms with Crippen molar-refractivity contribution in [2.24, 2.45) is 0 Å². The van der Waals surface area contributed by atoms with E-state index in [1.807, 2.05) is 57.3 Å². The molecule has 1 amide bonds. The molecule has 0 atom stereocenters. The first-order valence-corrected chi connectivity index (χ1v) is 11.7. The Kier molecular flexibility index (Phi) is 10.8. The van der Waals surface area contributed by atoms with E-state index < -0.39 is 13.0 Å². The number of amides is 1. The van der Waals surface area contributed by atoms with Crippen molar-refractivity contribution >= 4 is 29.5 Å². The maximum atomic E-state index is 12.4. The van der Waals surface area contributed by atoms with Gasteiger partial charge in [0.25, 0.3) is 6.43 Å². The molecule has 0 unspecified atom stereocenters. The normalized spacial score (nSPS) is 12.1. The first kappa shape index (κ1) is 26.8. The molecule has 4 rings (SSSR count). The van der Waals surface area contributed by atoms with Crippen molar-refractivity contribution in [1.82, 2.24) is 23.9 Å². The fraction of sp³-hybridized carbons (Fsp3) is 0.409. The molecule has 0 aliphatic carbocycles. The lowest BCUT2D eigenvalue weighted by Gasteiger charge is -2.14. The number of aryl methyl sites for hydroxylation is 1. The number of aromatic nitrogens is 4. The van der Waals surface area contributed by atoms with Crippen LogP contribution in [0, 0.1) is 6.92 Å². The van der Waals surface area contributed by atoms with Gasteiger partial charge in [-0.15, -0.1) is 0 Å². The minimum atomic E-state index is -2.45. The maximum Gasteiger partial charge on any atom is 0.257 e. The summed E-state index contributed by atoms with van der Waals surface area (Å²) in [5.41, 5.74) is 2.55. The van der Waals surface area contributed by atoms with E-state index in [1.165, 1.54) is 16.6 Å². The largest absolute Gasteiger partial charge is 0.396 e. The van der Waals surface area contributed by atoms with Gasteiger partial charge >= 0.3 is 0 Å². The molecule has 1 N–H and O–H groups in total. The second kappa shape index (κ2) is 13.3. The molecule has 1 aliphatic rings. The number of aliphatic hydroxyl groups is 1. The number of hydrogen-bond acceptors (Lipinski definition) is 5. The van der Waals surface area contributed by atoms with Crippen LogP contribution in [0.4, 0.5) is 8.78 Å². The van der Waals surface area contributed by atoms with Crippen molar-refractivity contribution in [2.45, 2.75) is 58.3 Å². The third-order valence-electron chi connectivity index (χ3n) is 4.37. The van der Waals surface area contributed by atoms with E-state index in [1.54, 1.807) is 15.2 Å². The zero-order valence-corrected chi connectivity index (χ0v) is 20.4. The predicted octanol–water partition coefficient (Wildman–Crippen LogP) is 4.80. The summed E-state index contributed by atoms with van der Waals surface area (Å²) in [7, 11) is 0. The summed E-state index contributed by atoms with van der Waals surface area (Å²) in [6.45, 7) is 6.10. The average molecular weight is 500 g/mol. The van der Waals surface area contributed by atoms with Gasteiger partial charge in [0.15, 0.2) is 0 Å². The number of alkyl halides is 2. The molecule has 0 saturated heterocycles. The maximum absolute atomic E-state index is 12.4. The van der Waals surface area contributed by atoms with Crippen LogP contribution >= 0.6 is 23.5 Å². The van der Waals surface area contributed by atoms with Gasteiger partial charge in [-0.25, -0.2) is 12.9 Å². The Balaban J connectivity index is 0.000000362. The number of halogens is 3. The Bertz CT molecular complexity index is 990. The monoisotopic (exact) mass is 499 g/mol. The van der Waals surface area contributed by atoms with E-state index in [-0.39, 0.29) is 18.9 Å². The minimum Gasteiger partial charge on any atom is -0.396 e. The highest BCUT2D eigenvalue weighted by Crippen LogP contribution is 2.27. The number of nitrogens with zero attached hydrogens (tertiary/aromatic N) is 5. The predicted molar refractivity (Wildman–Crippen MR) is 125 cm³/mol. The van der Waals surface area contributed by atoms with Gasteiger partial charge in [-0.1, -0.05) is 43.6 Å². The first-order chi connectivity index (χ1) is 15.9. The highest BCUT2D eigenvalue weighted by molar-refractivity contribution is 7.97. The second-order valence-corrected chi connectivity index (χ2v) is 8.22. The van der Waals surface area contributed by atoms with Crippen molar-refractivity contribution in [1.29, 1.82) is 0 Å². The third-order valence-corrected chi connectivity index (χ3v) is 5.58. The standard InChI is InChI=1S/C14H17F2N5O2S.C6H5Cl.C2H6/c1-9-4-20(8-12(15)16)18-14(9)24-21-6-10-5-19(7-11(10)17-21)13(23)2-3-22;7-6-4-2-1-3-5-6;1-2/h4,6,12,22H,2-3,5,7-8H2,1H3;1-5H;1-2H3. The van der Waals surface area contributed by atoms with Crippen LogP contribution in [-0.4, -0.2) is 47.9 Å². The average Bonchev–Trinajstić information content (AvgIpc) is 3.44. The zero-order valence-electron chi connectivity index (χ0n) is 18.8. The lowest BCUT2D eigenvalue weighted by Crippen LogP contribution is -2.26. The van der Waals surface area contributed by atoms with Crippen LogP contribution in [0.3, 0.4) is 0 Å². The summed E-state index contributed by atoms with van der Waals surface area (Å²) in [4.78, 5) is 13.4. The number of benzene rings is 1. The fourth-order valence-electron chi connectivity index (χ4n) is 2.94. The summed E-state index contributed by atoms with van der Waals surface area (Å²) in [5.74, 6) is -0.101. The van der Waals surface area contributed by atoms with Gasteiger partial charge in [0.05, 0.1) is 18.8 Å². The Morgan fingerprint density at radius 3 is 2.42 bits per heavy atom. The summed E-state index contributed by atoms with van der Waals surface area (Å²) < 4.78 is 27.7. The van der Waals surface area contributed by atoms with E-state index in [4.69, 9.17) is 16.7 Å². The quantitative estimate of drug-likeness (QED) is 0.527. The number of hydrogen-bond donors (Lipinski definition) is 1. The number of fused-ring (bicyclic) bond motifs is 1. The molecule has 1 aliphatic heterocycles. The van der Waals surface area contributed by atoms with Gasteiger partial charge in [0, 0.05) is 53.5 Å². The highest BCUT2D eigenvalue weighted by atomic mass is 35.5. The van der Waals surface area contributed by atoms with Crippen molar-refractivity contribution in [3.63, 3.8) is 0 Å². The lowest BCUT2D eigenvalue weighted by molar-refractivity contribution is -0.132. The summed E-state index contributed by atoms with van der Waals surface area (Å²) in [6.07, 6.45) is 1.07. The molecular formula is C22H28ClF2N5O2S. The molecule has 2 aromatic heterocycles. The molecule has 0 fully saturated rings. The van der Waals surface area contributed by atoms with E-state index >= 15 is 0 Å². The van der Waals surface area contributed by atoms with E-state index in [2.05, 4.69) is 10.2 Å². The molecule has 11 heteroatoms. The molecule has 7 nitrogen and oxygen atoms in total. The number of carbonyl (C=O) groups excluding carboxylic acids is 1. The fourth-order valence-corrected chi connectivity index (χ4v) is 3.92. The van der Waals surface area contributed by atoms with Crippen LogP contribution in [0.5, 0.6) is 0 Å². The van der Waals surface area contributed by atoms with Crippen LogP contribution in [0.1, 0.15) is 37.1 Å². The van der Waals surface area contributed by atoms with Crippen LogP contribution < -0.4 is 0 Å². The van der Waals surface area contributed by atoms with Crippen LogP contribution in [0.2, 0.25) is 5.02 Å². The Morgan fingerprint density at radius 1 is 1.18 bits per heavy atom. The molecule has 0 bridgehead atoms. The van der Waals surface area contributed by atoms with Crippen LogP contribution in [0.15, 0.2) is 47.8 Å². The van der Waals surface area contributed by atoms with Crippen molar-refractivity contribution in [2.75, 3.05) is 6.61 Å². The molecule has 0 saturated carbocycles. The molecule has 3 heterocycles. The lowest BCUT2D eigenvalue weighted by atomic mass is 10.3. The SMILES string of the molecule is CC.Cc1cn(CC(F)F)nc1Sn1cc2c(n1)CN(C(=O)CCO)C2.Clc1ccccc1. The molecule has 0 spiro atoms. The van der Waals surface area contributed by atoms with Gasteiger partial charge in [0.2, 0.25) is 5.91 Å². The molecule has 0 radical (unpaired) electrons. The summed E-state index contributed by atoms with van der Waals surface area (Å²) in [5, 5.41) is 18.8. The topological polar surface area (TPSA) is 76.2 Å². The van der Waals surface area contributed by atoms with Crippen LogP contribution in [-0.2, 0) is 24.4 Å². The van der Waals surface area contributed by atoms with Crippen molar-refractivity contribution in [3.8, 4) is 0 Å². The number of carbonyl (C=O) groups is 1. The Labute approximate surface area is 201 Å². The van der Waals surface area contributed by atoms with Crippen LogP contribution in [0.25, 0.3) is 0 Å². The highest BCUT2D eigenvalue weighted by Gasteiger charge is 2.26. The zero-order chi connectivity index (χ0) is 24.4. The minimum absolute atomic E-state index is 0.101. The molecule has 33 heavy (non-hydrogen) atoms. The first-order valence-electron chi connectivity index (χ1n) is 10.5. The van der Waals surface area contributed by atoms with Gasteiger partial charge in [0.1, 0.15) is 11.6 Å². The molecular weight excluding hydrogens is 472 g/mol. The third kappa shape index (κ3) is 8.13. The smallest absolute Gasteiger partial charge is 0.257 e. The Hall–Kier alpha value is -2.43. The van der Waals surface area contributed by atoms with Gasteiger partial charge in [-0.2, -0.15) is 10.2 Å². The molecule has 1 aromatic carbocycles. The van der Waals surface area contributed by atoms with E-state index in [9.17, 15) is 13.6 Å². The van der Waals surface area contributed by atoms with Gasteiger partial charge in [-0.05, 0) is 19.1 Å². The summed E-state index contributed by atoms with van der Waals surface area (Å²) in [6, 6.07) is 9.44. The molecule has 3 aromatic rings. The van der Waals surface area contributed by atoms with Crippen molar-refractivity contribution < 1.29 is 18.7 Å². The number of rotatable bonds is 6. The number of aliphatic hydroxyl groups excluding tert-OH is 1. The van der Waals surface area contributed by atoms with Crippen molar-refractivity contribution in [3.05, 3.63) is 64.6 Å². The van der Waals surface area contributed by atoms with Gasteiger partial charge in [-0.3, -0.25) is 9.48 Å². The molecule has 180 valence electrons. The summed E-state index contributed by atoms with van der Waals surface area (Å²) >= 11 is 6.79. The van der Waals surface area contributed by atoms with Gasteiger partial charge < -0.3 is 10.0 Å². The van der Waals surface area contributed by atoms with E-state index in [0.717, 1.165) is 21.8 Å². The Morgan fingerprint density at radius 2 is 1.88 bits per heavy atom.